The van der Waals surface area contributed by atoms with E-state index < -0.39 is 5.60 Å². The molecule has 0 fully saturated rings. The van der Waals surface area contributed by atoms with E-state index in [9.17, 15) is 4.79 Å². The topological polar surface area (TPSA) is 71.1 Å². The van der Waals surface area contributed by atoms with Gasteiger partial charge in [0, 0.05) is 43.5 Å². The number of fused-ring (bicyclic) bond motifs is 1. The highest BCUT2D eigenvalue weighted by atomic mass is 16.6. The zero-order valence-corrected chi connectivity index (χ0v) is 12.2. The first-order valence-corrected chi connectivity index (χ1v) is 6.95. The van der Waals surface area contributed by atoms with Crippen molar-refractivity contribution in [2.24, 2.45) is 0 Å². The standard InChI is InChI=1S/C15H18N4O2/c1-15(2,21-14(20)19-5-3-4-6-19)7-13-17-9-11-8-16-10-12(11)18-13/h3-4,8-10,16H,5-7H2,1-2H3. The van der Waals surface area contributed by atoms with Crippen LogP contribution < -0.4 is 0 Å². The van der Waals surface area contributed by atoms with Crippen molar-refractivity contribution in [1.82, 2.24) is 19.9 Å². The molecule has 3 rings (SSSR count). The molecule has 6 nitrogen and oxygen atoms in total. The van der Waals surface area contributed by atoms with Crippen molar-refractivity contribution in [2.45, 2.75) is 25.9 Å². The maximum atomic E-state index is 12.0. The number of carbonyl (C=O) groups excluding carboxylic acids is 1. The van der Waals surface area contributed by atoms with Gasteiger partial charge >= 0.3 is 6.09 Å². The first-order valence-electron chi connectivity index (χ1n) is 6.95. The molecule has 3 heterocycles. The van der Waals surface area contributed by atoms with E-state index in [1.54, 1.807) is 11.1 Å². The Labute approximate surface area is 122 Å². The van der Waals surface area contributed by atoms with Gasteiger partial charge in [-0.25, -0.2) is 14.8 Å². The lowest BCUT2D eigenvalue weighted by Crippen LogP contribution is -2.38. The van der Waals surface area contributed by atoms with Crippen molar-refractivity contribution in [3.05, 3.63) is 36.6 Å². The molecule has 0 radical (unpaired) electrons. The molecule has 21 heavy (non-hydrogen) atoms. The third-order valence-electron chi connectivity index (χ3n) is 3.38. The van der Waals surface area contributed by atoms with Crippen molar-refractivity contribution in [3.63, 3.8) is 0 Å². The Morgan fingerprint density at radius 2 is 2.14 bits per heavy atom. The van der Waals surface area contributed by atoms with Crippen LogP contribution in [0.25, 0.3) is 10.9 Å². The summed E-state index contributed by atoms with van der Waals surface area (Å²) in [5, 5.41) is 0.969. The Morgan fingerprint density at radius 3 is 2.90 bits per heavy atom. The summed E-state index contributed by atoms with van der Waals surface area (Å²) < 4.78 is 5.58. The summed E-state index contributed by atoms with van der Waals surface area (Å²) >= 11 is 0. The van der Waals surface area contributed by atoms with E-state index >= 15 is 0 Å². The van der Waals surface area contributed by atoms with Gasteiger partial charge in [-0.1, -0.05) is 12.2 Å². The van der Waals surface area contributed by atoms with E-state index in [-0.39, 0.29) is 6.09 Å². The van der Waals surface area contributed by atoms with Crippen LogP contribution >= 0.6 is 0 Å². The maximum absolute atomic E-state index is 12.0. The predicted octanol–water partition coefficient (Wildman–Crippen LogP) is 2.29. The van der Waals surface area contributed by atoms with E-state index in [0.29, 0.717) is 25.3 Å². The molecule has 0 saturated heterocycles. The molecule has 0 atom stereocenters. The van der Waals surface area contributed by atoms with Crippen LogP contribution in [0.15, 0.2) is 30.7 Å². The minimum absolute atomic E-state index is 0.298. The second-order valence-corrected chi connectivity index (χ2v) is 5.76. The maximum Gasteiger partial charge on any atom is 0.410 e. The number of nitrogens with one attached hydrogen (secondary N) is 1. The molecule has 0 bridgehead atoms. The van der Waals surface area contributed by atoms with E-state index in [0.717, 1.165) is 10.9 Å². The molecule has 0 aromatic carbocycles. The molecule has 6 heteroatoms. The highest BCUT2D eigenvalue weighted by Crippen LogP contribution is 2.18. The van der Waals surface area contributed by atoms with Crippen LogP contribution in [0, 0.1) is 0 Å². The Bertz CT molecular complexity index is 682. The third-order valence-corrected chi connectivity index (χ3v) is 3.38. The summed E-state index contributed by atoms with van der Waals surface area (Å²) in [7, 11) is 0. The molecule has 2 aromatic heterocycles. The van der Waals surface area contributed by atoms with E-state index in [2.05, 4.69) is 15.0 Å². The van der Waals surface area contributed by atoms with Crippen LogP contribution in [0.2, 0.25) is 0 Å². The summed E-state index contributed by atoms with van der Waals surface area (Å²) in [6, 6.07) is 0. The summed E-state index contributed by atoms with van der Waals surface area (Å²) in [5.41, 5.74) is 0.217. The van der Waals surface area contributed by atoms with Crippen LogP contribution in [-0.2, 0) is 11.2 Å². The highest BCUT2D eigenvalue weighted by molar-refractivity contribution is 5.76. The smallest absolute Gasteiger partial charge is 0.410 e. The molecule has 1 N–H and O–H groups in total. The predicted molar refractivity (Wildman–Crippen MR) is 78.9 cm³/mol. The van der Waals surface area contributed by atoms with Gasteiger partial charge in [0.2, 0.25) is 0 Å². The first-order chi connectivity index (χ1) is 10.0. The van der Waals surface area contributed by atoms with Crippen LogP contribution in [-0.4, -0.2) is 44.6 Å². The number of aromatic nitrogens is 3. The molecule has 0 saturated carbocycles. The average Bonchev–Trinajstić information content (AvgIpc) is 3.08. The van der Waals surface area contributed by atoms with Gasteiger partial charge in [-0.15, -0.1) is 0 Å². The number of aromatic amines is 1. The van der Waals surface area contributed by atoms with Gasteiger partial charge in [0.1, 0.15) is 11.4 Å². The minimum Gasteiger partial charge on any atom is -0.443 e. The molecule has 1 aliphatic heterocycles. The molecular formula is C15H18N4O2. The first kappa shape index (κ1) is 13.6. The third kappa shape index (κ3) is 3.04. The number of H-pyrrole nitrogens is 1. The molecule has 0 aliphatic carbocycles. The van der Waals surface area contributed by atoms with Gasteiger partial charge in [0.05, 0.1) is 5.52 Å². The Hall–Kier alpha value is -2.37. The van der Waals surface area contributed by atoms with Gasteiger partial charge in [-0.3, -0.25) is 0 Å². The van der Waals surface area contributed by atoms with Gasteiger partial charge in [-0.05, 0) is 13.8 Å². The van der Waals surface area contributed by atoms with Crippen LogP contribution in [0.1, 0.15) is 19.7 Å². The molecule has 2 aromatic rings. The van der Waals surface area contributed by atoms with Gasteiger partial charge in [0.15, 0.2) is 0 Å². The van der Waals surface area contributed by atoms with E-state index in [1.165, 1.54) is 0 Å². The lowest BCUT2D eigenvalue weighted by atomic mass is 10.0. The van der Waals surface area contributed by atoms with Crippen molar-refractivity contribution in [3.8, 4) is 0 Å². The summed E-state index contributed by atoms with van der Waals surface area (Å²) in [4.78, 5) is 25.5. The van der Waals surface area contributed by atoms with Crippen molar-refractivity contribution in [1.29, 1.82) is 0 Å². The SMILES string of the molecule is CC(C)(Cc1ncc2c[nH]cc2n1)OC(=O)N1CC=CC1. The monoisotopic (exact) mass is 286 g/mol. The molecule has 110 valence electrons. The molecule has 0 unspecified atom stereocenters. The number of nitrogens with zero attached hydrogens (tertiary/aromatic N) is 3. The van der Waals surface area contributed by atoms with Gasteiger partial charge in [0.25, 0.3) is 0 Å². The largest absolute Gasteiger partial charge is 0.443 e. The number of amides is 1. The minimum atomic E-state index is -0.649. The number of carbonyl (C=O) groups is 1. The van der Waals surface area contributed by atoms with Gasteiger partial charge in [-0.2, -0.15) is 0 Å². The molecule has 1 amide bonds. The average molecular weight is 286 g/mol. The van der Waals surface area contributed by atoms with Crippen LogP contribution in [0.5, 0.6) is 0 Å². The molecule has 1 aliphatic rings. The fourth-order valence-electron chi connectivity index (χ4n) is 2.31. The lowest BCUT2D eigenvalue weighted by Gasteiger charge is -2.27. The Balaban J connectivity index is 1.68. The van der Waals surface area contributed by atoms with Crippen molar-refractivity contribution in [2.75, 3.05) is 13.1 Å². The van der Waals surface area contributed by atoms with E-state index in [4.69, 9.17) is 4.74 Å². The highest BCUT2D eigenvalue weighted by Gasteiger charge is 2.28. The van der Waals surface area contributed by atoms with Crippen molar-refractivity contribution < 1.29 is 9.53 Å². The number of ether oxygens (including phenoxy) is 1. The number of rotatable bonds is 3. The summed E-state index contributed by atoms with van der Waals surface area (Å²) in [6.45, 7) is 4.97. The zero-order valence-electron chi connectivity index (χ0n) is 12.2. The molecule has 0 spiro atoms. The van der Waals surface area contributed by atoms with Crippen LogP contribution in [0.4, 0.5) is 4.79 Å². The second kappa shape index (κ2) is 5.20. The summed E-state index contributed by atoms with van der Waals surface area (Å²) in [6.07, 6.45) is 9.54. The Kier molecular flexibility index (Phi) is 3.37. The van der Waals surface area contributed by atoms with Crippen LogP contribution in [0.3, 0.4) is 0 Å². The van der Waals surface area contributed by atoms with Gasteiger partial charge < -0.3 is 14.6 Å². The number of hydrogen-bond donors (Lipinski definition) is 1. The fourth-order valence-corrected chi connectivity index (χ4v) is 2.31. The quantitative estimate of drug-likeness (QED) is 0.879. The van der Waals surface area contributed by atoms with Crippen molar-refractivity contribution >= 4 is 17.0 Å². The zero-order chi connectivity index (χ0) is 14.9. The fraction of sp³-hybridized carbons (Fsp3) is 0.400. The second-order valence-electron chi connectivity index (χ2n) is 5.76. The molecular weight excluding hydrogens is 268 g/mol. The normalized spacial score (nSPS) is 14.9. The summed E-state index contributed by atoms with van der Waals surface area (Å²) in [5.74, 6) is 0.666. The number of hydrogen-bond acceptors (Lipinski definition) is 4. The van der Waals surface area contributed by atoms with E-state index in [1.807, 2.05) is 38.4 Å². The lowest BCUT2D eigenvalue weighted by molar-refractivity contribution is 0.0177. The Morgan fingerprint density at radius 1 is 1.38 bits per heavy atom.